The Balaban J connectivity index is 1.87. The fraction of sp³-hybridized carbons (Fsp3) is 0.348. The number of halogens is 1. The Morgan fingerprint density at radius 3 is 2.50 bits per heavy atom. The van der Waals surface area contributed by atoms with Gasteiger partial charge in [0.2, 0.25) is 5.91 Å². The standard InChI is InChI=1S/C23H26ClN3O2S/c1-14(2)13-27-22(29)19-12-18(24)10-11-20(19)26-23(27)30-16(4)21(28)25-15(3)17-8-6-5-7-9-17/h5-12,14-16H,13H2,1-4H3,(H,25,28). The molecular weight excluding hydrogens is 418 g/mol. The number of rotatable bonds is 7. The van der Waals surface area contributed by atoms with Crippen LogP contribution in [0.15, 0.2) is 58.5 Å². The van der Waals surface area contributed by atoms with E-state index in [1.165, 1.54) is 11.8 Å². The van der Waals surface area contributed by atoms with Gasteiger partial charge < -0.3 is 5.32 Å². The molecule has 1 heterocycles. The molecule has 5 nitrogen and oxygen atoms in total. The molecule has 0 saturated heterocycles. The van der Waals surface area contributed by atoms with Gasteiger partial charge >= 0.3 is 0 Å². The summed E-state index contributed by atoms with van der Waals surface area (Å²) in [6, 6.07) is 14.8. The lowest BCUT2D eigenvalue weighted by atomic mass is 10.1. The van der Waals surface area contributed by atoms with Crippen LogP contribution in [0.5, 0.6) is 0 Å². The highest BCUT2D eigenvalue weighted by molar-refractivity contribution is 8.00. The normalized spacial score (nSPS) is 13.4. The van der Waals surface area contributed by atoms with Gasteiger partial charge in [-0.1, -0.05) is 67.5 Å². The highest BCUT2D eigenvalue weighted by Gasteiger charge is 2.21. The van der Waals surface area contributed by atoms with Gasteiger partial charge in [-0.3, -0.25) is 14.2 Å². The average Bonchev–Trinajstić information content (AvgIpc) is 2.71. The van der Waals surface area contributed by atoms with E-state index in [0.29, 0.717) is 27.6 Å². The van der Waals surface area contributed by atoms with Crippen molar-refractivity contribution in [3.8, 4) is 0 Å². The van der Waals surface area contributed by atoms with E-state index in [0.717, 1.165) is 5.56 Å². The number of carbonyl (C=O) groups is 1. The van der Waals surface area contributed by atoms with Gasteiger partial charge in [0, 0.05) is 11.6 Å². The predicted molar refractivity (Wildman–Crippen MR) is 124 cm³/mol. The van der Waals surface area contributed by atoms with Crippen LogP contribution in [0, 0.1) is 5.92 Å². The van der Waals surface area contributed by atoms with Gasteiger partial charge in [0.1, 0.15) is 0 Å². The van der Waals surface area contributed by atoms with Crippen LogP contribution in [-0.2, 0) is 11.3 Å². The molecule has 2 atom stereocenters. The van der Waals surface area contributed by atoms with Crippen LogP contribution in [0.3, 0.4) is 0 Å². The van der Waals surface area contributed by atoms with Gasteiger partial charge in [-0.15, -0.1) is 0 Å². The maximum atomic E-state index is 13.1. The highest BCUT2D eigenvalue weighted by atomic mass is 35.5. The molecule has 0 aliphatic heterocycles. The lowest BCUT2D eigenvalue weighted by Crippen LogP contribution is -2.34. The molecule has 0 bridgehead atoms. The lowest BCUT2D eigenvalue weighted by molar-refractivity contribution is -0.120. The van der Waals surface area contributed by atoms with Crippen LogP contribution in [0.25, 0.3) is 10.9 Å². The molecule has 0 fully saturated rings. The third-order valence-electron chi connectivity index (χ3n) is 4.74. The third kappa shape index (κ3) is 5.24. The van der Waals surface area contributed by atoms with Crippen LogP contribution >= 0.6 is 23.4 Å². The van der Waals surface area contributed by atoms with Crippen LogP contribution < -0.4 is 10.9 Å². The summed E-state index contributed by atoms with van der Waals surface area (Å²) < 4.78 is 1.65. The number of aromatic nitrogens is 2. The maximum Gasteiger partial charge on any atom is 0.262 e. The van der Waals surface area contributed by atoms with Gasteiger partial charge in [-0.2, -0.15) is 0 Å². The summed E-state index contributed by atoms with van der Waals surface area (Å²) in [5, 5.41) is 4.16. The Hall–Kier alpha value is -2.31. The average molecular weight is 444 g/mol. The largest absolute Gasteiger partial charge is 0.349 e. The quantitative estimate of drug-likeness (QED) is 0.409. The van der Waals surface area contributed by atoms with Crippen molar-refractivity contribution in [1.82, 2.24) is 14.9 Å². The molecule has 0 saturated carbocycles. The topological polar surface area (TPSA) is 64.0 Å². The predicted octanol–water partition coefficient (Wildman–Crippen LogP) is 5.06. The molecule has 2 unspecified atom stereocenters. The summed E-state index contributed by atoms with van der Waals surface area (Å²) in [5.41, 5.74) is 1.49. The Kier molecular flexibility index (Phi) is 7.21. The molecular formula is C23H26ClN3O2S. The second kappa shape index (κ2) is 9.67. The number of fused-ring (bicyclic) bond motifs is 1. The Labute approximate surface area is 185 Å². The number of benzene rings is 2. The van der Waals surface area contributed by atoms with Crippen LogP contribution in [0.2, 0.25) is 5.02 Å². The first-order valence-corrected chi connectivity index (χ1v) is 11.2. The summed E-state index contributed by atoms with van der Waals surface area (Å²) in [4.78, 5) is 30.6. The SMILES string of the molecule is CC(C)Cn1c(SC(C)C(=O)NC(C)c2ccccc2)nc2ccc(Cl)cc2c1=O. The maximum absolute atomic E-state index is 13.1. The molecule has 158 valence electrons. The molecule has 0 radical (unpaired) electrons. The van der Waals surface area contributed by atoms with E-state index in [1.54, 1.807) is 22.8 Å². The van der Waals surface area contributed by atoms with E-state index in [4.69, 9.17) is 11.6 Å². The Morgan fingerprint density at radius 1 is 1.13 bits per heavy atom. The van der Waals surface area contributed by atoms with E-state index in [1.807, 2.05) is 58.0 Å². The van der Waals surface area contributed by atoms with Crippen LogP contribution in [0.4, 0.5) is 0 Å². The van der Waals surface area contributed by atoms with Gasteiger partial charge in [0.05, 0.1) is 22.2 Å². The number of carbonyl (C=O) groups excluding carboxylic acids is 1. The Morgan fingerprint density at radius 2 is 1.83 bits per heavy atom. The van der Waals surface area contributed by atoms with Crippen molar-refractivity contribution in [3.63, 3.8) is 0 Å². The van der Waals surface area contributed by atoms with Gasteiger partial charge in [-0.25, -0.2) is 4.98 Å². The van der Waals surface area contributed by atoms with Gasteiger partial charge in [0.15, 0.2) is 5.16 Å². The molecule has 0 spiro atoms. The molecule has 1 amide bonds. The fourth-order valence-corrected chi connectivity index (χ4v) is 4.26. The monoisotopic (exact) mass is 443 g/mol. The summed E-state index contributed by atoms with van der Waals surface area (Å²) in [6.07, 6.45) is 0. The van der Waals surface area contributed by atoms with Crippen molar-refractivity contribution in [3.05, 3.63) is 69.5 Å². The van der Waals surface area contributed by atoms with Crippen molar-refractivity contribution in [2.75, 3.05) is 0 Å². The zero-order valence-corrected chi connectivity index (χ0v) is 19.1. The number of nitrogens with one attached hydrogen (secondary N) is 1. The third-order valence-corrected chi connectivity index (χ3v) is 6.06. The zero-order valence-electron chi connectivity index (χ0n) is 17.6. The molecule has 30 heavy (non-hydrogen) atoms. The molecule has 3 rings (SSSR count). The Bertz CT molecular complexity index is 1100. The van der Waals surface area contributed by atoms with E-state index in [-0.39, 0.29) is 23.4 Å². The molecule has 0 aliphatic carbocycles. The van der Waals surface area contributed by atoms with E-state index in [2.05, 4.69) is 10.3 Å². The van der Waals surface area contributed by atoms with Crippen molar-refractivity contribution < 1.29 is 4.79 Å². The van der Waals surface area contributed by atoms with Crippen molar-refractivity contribution in [2.24, 2.45) is 5.92 Å². The lowest BCUT2D eigenvalue weighted by Gasteiger charge is -2.20. The smallest absolute Gasteiger partial charge is 0.262 e. The first-order valence-electron chi connectivity index (χ1n) is 9.98. The fourth-order valence-electron chi connectivity index (χ4n) is 3.16. The molecule has 7 heteroatoms. The van der Waals surface area contributed by atoms with Crippen molar-refractivity contribution >= 4 is 40.2 Å². The van der Waals surface area contributed by atoms with Gasteiger partial charge in [0.25, 0.3) is 5.56 Å². The minimum absolute atomic E-state index is 0.0992. The second-order valence-corrected chi connectivity index (χ2v) is 9.51. The van der Waals surface area contributed by atoms with E-state index >= 15 is 0 Å². The number of hydrogen-bond acceptors (Lipinski definition) is 4. The summed E-state index contributed by atoms with van der Waals surface area (Å²) >= 11 is 7.38. The van der Waals surface area contributed by atoms with Crippen LogP contribution in [0.1, 0.15) is 39.3 Å². The first-order chi connectivity index (χ1) is 14.3. The summed E-state index contributed by atoms with van der Waals surface area (Å²) in [6.45, 7) is 8.39. The minimum Gasteiger partial charge on any atom is -0.349 e. The second-order valence-electron chi connectivity index (χ2n) is 7.77. The number of thioether (sulfide) groups is 1. The number of amides is 1. The molecule has 0 aliphatic rings. The molecule has 1 N–H and O–H groups in total. The number of nitrogens with zero attached hydrogens (tertiary/aromatic N) is 2. The zero-order chi connectivity index (χ0) is 21.8. The molecule has 2 aromatic carbocycles. The molecule has 3 aromatic rings. The highest BCUT2D eigenvalue weighted by Crippen LogP contribution is 2.25. The summed E-state index contributed by atoms with van der Waals surface area (Å²) in [5.74, 6) is 0.153. The van der Waals surface area contributed by atoms with Crippen LogP contribution in [-0.4, -0.2) is 20.7 Å². The van der Waals surface area contributed by atoms with Gasteiger partial charge in [-0.05, 0) is 43.5 Å². The van der Waals surface area contributed by atoms with E-state index in [9.17, 15) is 9.59 Å². The molecule has 1 aromatic heterocycles. The number of hydrogen-bond donors (Lipinski definition) is 1. The minimum atomic E-state index is -0.411. The first kappa shape index (κ1) is 22.4. The van der Waals surface area contributed by atoms with Crippen molar-refractivity contribution in [1.29, 1.82) is 0 Å². The summed E-state index contributed by atoms with van der Waals surface area (Å²) in [7, 11) is 0. The van der Waals surface area contributed by atoms with Crippen molar-refractivity contribution in [2.45, 2.75) is 50.7 Å². The van der Waals surface area contributed by atoms with E-state index < -0.39 is 5.25 Å².